The van der Waals surface area contributed by atoms with Crippen molar-refractivity contribution in [2.24, 2.45) is 0 Å². The Labute approximate surface area is 114 Å². The fourth-order valence-corrected chi connectivity index (χ4v) is 1.67. The van der Waals surface area contributed by atoms with Crippen molar-refractivity contribution in [2.75, 3.05) is 5.32 Å². The van der Waals surface area contributed by atoms with Crippen LogP contribution in [0.5, 0.6) is 5.75 Å². The number of carboxylic acid groups (broad SMARTS) is 1. The molecule has 1 rings (SSSR count). The monoisotopic (exact) mass is 265 g/mol. The average Bonchev–Trinajstić information content (AvgIpc) is 2.36. The molecule has 0 amide bonds. The van der Waals surface area contributed by atoms with E-state index >= 15 is 0 Å². The Morgan fingerprint density at radius 2 is 2.16 bits per heavy atom. The highest BCUT2D eigenvalue weighted by atomic mass is 16.5. The highest BCUT2D eigenvalue weighted by Gasteiger charge is 2.06. The smallest absolute Gasteiger partial charge is 0.303 e. The first-order valence-corrected chi connectivity index (χ1v) is 6.76. The molecule has 1 aromatic carbocycles. The minimum absolute atomic E-state index is 0.120. The normalized spacial score (nSPS) is 13.6. The Kier molecular flexibility index (Phi) is 6.19. The number of ether oxygens (including phenoxy) is 1. The summed E-state index contributed by atoms with van der Waals surface area (Å²) in [6.07, 6.45) is 1.94. The minimum Gasteiger partial charge on any atom is -0.491 e. The number of anilines is 1. The second kappa shape index (κ2) is 7.67. The molecule has 4 nitrogen and oxygen atoms in total. The van der Waals surface area contributed by atoms with E-state index in [9.17, 15) is 4.79 Å². The second-order valence-corrected chi connectivity index (χ2v) is 4.84. The molecule has 0 radical (unpaired) electrons. The van der Waals surface area contributed by atoms with Crippen LogP contribution in [-0.2, 0) is 4.79 Å². The number of nitrogens with one attached hydrogen (secondary N) is 1. The quantitative estimate of drug-likeness (QED) is 0.755. The Morgan fingerprint density at radius 1 is 1.42 bits per heavy atom. The van der Waals surface area contributed by atoms with Crippen molar-refractivity contribution in [3.05, 3.63) is 24.3 Å². The van der Waals surface area contributed by atoms with Gasteiger partial charge in [0.1, 0.15) is 5.75 Å². The summed E-state index contributed by atoms with van der Waals surface area (Å²) < 4.78 is 5.75. The standard InChI is InChI=1S/C15H23NO3/c1-4-12(3)19-14-7-5-6-13(10-14)16-11(2)8-9-15(17)18/h5-7,10-12,16H,4,8-9H2,1-3H3,(H,17,18). The number of benzene rings is 1. The lowest BCUT2D eigenvalue weighted by atomic mass is 10.1. The van der Waals surface area contributed by atoms with Crippen LogP contribution < -0.4 is 10.1 Å². The molecule has 0 saturated carbocycles. The fraction of sp³-hybridized carbons (Fsp3) is 0.533. The van der Waals surface area contributed by atoms with Gasteiger partial charge in [-0.05, 0) is 38.8 Å². The van der Waals surface area contributed by atoms with Gasteiger partial charge >= 0.3 is 5.97 Å². The Bertz CT molecular complexity index is 406. The van der Waals surface area contributed by atoms with Crippen LogP contribution in [0.3, 0.4) is 0 Å². The van der Waals surface area contributed by atoms with E-state index in [1.165, 1.54) is 0 Å². The first-order chi connectivity index (χ1) is 9.01. The molecular weight excluding hydrogens is 242 g/mol. The van der Waals surface area contributed by atoms with Gasteiger partial charge in [-0.3, -0.25) is 4.79 Å². The van der Waals surface area contributed by atoms with Crippen molar-refractivity contribution >= 4 is 11.7 Å². The third-order valence-corrected chi connectivity index (χ3v) is 2.95. The second-order valence-electron chi connectivity index (χ2n) is 4.84. The van der Waals surface area contributed by atoms with Gasteiger partial charge < -0.3 is 15.2 Å². The molecule has 2 N–H and O–H groups in total. The van der Waals surface area contributed by atoms with Crippen LogP contribution in [0, 0.1) is 0 Å². The molecule has 4 heteroatoms. The van der Waals surface area contributed by atoms with Gasteiger partial charge in [0, 0.05) is 24.2 Å². The van der Waals surface area contributed by atoms with E-state index in [1.54, 1.807) is 0 Å². The lowest BCUT2D eigenvalue weighted by Gasteiger charge is -2.17. The number of carbonyl (C=O) groups is 1. The van der Waals surface area contributed by atoms with Gasteiger partial charge in [0.2, 0.25) is 0 Å². The molecule has 0 heterocycles. The molecule has 0 aliphatic heterocycles. The molecule has 0 saturated heterocycles. The first-order valence-electron chi connectivity index (χ1n) is 6.76. The molecule has 0 aliphatic rings. The van der Waals surface area contributed by atoms with E-state index in [2.05, 4.69) is 12.2 Å². The molecule has 19 heavy (non-hydrogen) atoms. The van der Waals surface area contributed by atoms with Gasteiger partial charge in [-0.25, -0.2) is 0 Å². The van der Waals surface area contributed by atoms with Gasteiger partial charge in [-0.2, -0.15) is 0 Å². The molecule has 2 atom stereocenters. The zero-order chi connectivity index (χ0) is 14.3. The van der Waals surface area contributed by atoms with Crippen molar-refractivity contribution in [1.29, 1.82) is 0 Å². The van der Waals surface area contributed by atoms with E-state index in [0.29, 0.717) is 6.42 Å². The summed E-state index contributed by atoms with van der Waals surface area (Å²) in [5, 5.41) is 11.9. The van der Waals surface area contributed by atoms with Crippen LogP contribution in [0.25, 0.3) is 0 Å². The zero-order valence-electron chi connectivity index (χ0n) is 11.8. The van der Waals surface area contributed by atoms with E-state index in [0.717, 1.165) is 17.9 Å². The van der Waals surface area contributed by atoms with Crippen LogP contribution in [0.15, 0.2) is 24.3 Å². The van der Waals surface area contributed by atoms with E-state index in [1.807, 2.05) is 38.1 Å². The number of carboxylic acids is 1. The van der Waals surface area contributed by atoms with Gasteiger partial charge in [-0.1, -0.05) is 13.0 Å². The lowest BCUT2D eigenvalue weighted by Crippen LogP contribution is -2.16. The highest BCUT2D eigenvalue weighted by Crippen LogP contribution is 2.20. The first kappa shape index (κ1) is 15.3. The van der Waals surface area contributed by atoms with Crippen molar-refractivity contribution < 1.29 is 14.6 Å². The van der Waals surface area contributed by atoms with Crippen LogP contribution in [0.2, 0.25) is 0 Å². The maximum atomic E-state index is 10.5. The third-order valence-electron chi connectivity index (χ3n) is 2.95. The minimum atomic E-state index is -0.762. The summed E-state index contributed by atoms with van der Waals surface area (Å²) in [5.41, 5.74) is 0.957. The lowest BCUT2D eigenvalue weighted by molar-refractivity contribution is -0.137. The number of hydrogen-bond donors (Lipinski definition) is 2. The van der Waals surface area contributed by atoms with Crippen molar-refractivity contribution in [2.45, 2.75) is 52.2 Å². The van der Waals surface area contributed by atoms with Gasteiger partial charge in [0.25, 0.3) is 0 Å². The summed E-state index contributed by atoms with van der Waals surface area (Å²) in [6, 6.07) is 7.89. The molecule has 0 bridgehead atoms. The summed E-state index contributed by atoms with van der Waals surface area (Å²) in [6.45, 7) is 6.10. The summed E-state index contributed by atoms with van der Waals surface area (Å²) >= 11 is 0. The van der Waals surface area contributed by atoms with E-state index in [4.69, 9.17) is 9.84 Å². The summed E-state index contributed by atoms with van der Waals surface area (Å²) in [4.78, 5) is 10.5. The van der Waals surface area contributed by atoms with Gasteiger partial charge in [-0.15, -0.1) is 0 Å². The largest absolute Gasteiger partial charge is 0.491 e. The van der Waals surface area contributed by atoms with E-state index in [-0.39, 0.29) is 18.6 Å². The molecule has 0 fully saturated rings. The number of aliphatic carboxylic acids is 1. The predicted octanol–water partition coefficient (Wildman–Crippen LogP) is 3.53. The van der Waals surface area contributed by atoms with Crippen LogP contribution in [0.1, 0.15) is 40.0 Å². The Balaban J connectivity index is 2.54. The third kappa shape index (κ3) is 6.13. The molecule has 2 unspecified atom stereocenters. The molecule has 0 spiro atoms. The number of hydrogen-bond acceptors (Lipinski definition) is 3. The maximum absolute atomic E-state index is 10.5. The molecule has 0 aliphatic carbocycles. The topological polar surface area (TPSA) is 58.6 Å². The fourth-order valence-electron chi connectivity index (χ4n) is 1.67. The van der Waals surface area contributed by atoms with Crippen molar-refractivity contribution in [3.8, 4) is 5.75 Å². The van der Waals surface area contributed by atoms with Crippen molar-refractivity contribution in [1.82, 2.24) is 0 Å². The Morgan fingerprint density at radius 3 is 2.79 bits per heavy atom. The van der Waals surface area contributed by atoms with Gasteiger partial charge in [0.05, 0.1) is 6.10 Å². The van der Waals surface area contributed by atoms with Crippen LogP contribution in [0.4, 0.5) is 5.69 Å². The van der Waals surface area contributed by atoms with Crippen LogP contribution >= 0.6 is 0 Å². The predicted molar refractivity (Wildman–Crippen MR) is 76.8 cm³/mol. The number of rotatable bonds is 8. The molecule has 106 valence electrons. The van der Waals surface area contributed by atoms with E-state index < -0.39 is 5.97 Å². The summed E-state index contributed by atoms with van der Waals surface area (Å²) in [7, 11) is 0. The SMILES string of the molecule is CCC(C)Oc1cccc(NC(C)CCC(=O)O)c1. The molecule has 0 aromatic heterocycles. The maximum Gasteiger partial charge on any atom is 0.303 e. The summed E-state index contributed by atoms with van der Waals surface area (Å²) in [5.74, 6) is 0.0762. The van der Waals surface area contributed by atoms with Crippen molar-refractivity contribution in [3.63, 3.8) is 0 Å². The average molecular weight is 265 g/mol. The Hall–Kier alpha value is -1.71. The highest BCUT2D eigenvalue weighted by molar-refractivity contribution is 5.66. The van der Waals surface area contributed by atoms with Gasteiger partial charge in [0.15, 0.2) is 0 Å². The zero-order valence-corrected chi connectivity index (χ0v) is 11.8. The molecule has 1 aromatic rings. The molecular formula is C15H23NO3. The van der Waals surface area contributed by atoms with Crippen LogP contribution in [-0.4, -0.2) is 23.2 Å².